The summed E-state index contributed by atoms with van der Waals surface area (Å²) < 4.78 is 7.27. The highest BCUT2D eigenvalue weighted by Crippen LogP contribution is 2.35. The molecule has 4 rings (SSSR count). The quantitative estimate of drug-likeness (QED) is 0.695. The van der Waals surface area contributed by atoms with Gasteiger partial charge >= 0.3 is 5.97 Å². The van der Waals surface area contributed by atoms with Gasteiger partial charge in [-0.25, -0.2) is 0 Å². The Morgan fingerprint density at radius 3 is 2.63 bits per heavy atom. The summed E-state index contributed by atoms with van der Waals surface area (Å²) in [4.78, 5) is 24.9. The van der Waals surface area contributed by atoms with Crippen molar-refractivity contribution in [3.63, 3.8) is 0 Å². The number of aromatic nitrogens is 1. The maximum absolute atomic E-state index is 12.7. The maximum Gasteiger partial charge on any atom is 0.306 e. The standard InChI is InChI=1S/C22H20N2O3/c25-21(27-15-16-7-2-1-3-8-16)13-12-20-22(26)23-18-10-5-4-9-17(18)19-11-6-14-24(19)20/h1-11,14,20H,12-13,15H2,(H,23,26)/t20-/m1/s1. The minimum absolute atomic E-state index is 0.117. The number of carbonyl (C=O) groups is 2. The van der Waals surface area contributed by atoms with E-state index in [0.717, 1.165) is 22.5 Å². The fraction of sp³-hybridized carbons (Fsp3) is 0.182. The SMILES string of the molecule is O=C(CC[C@@H]1C(=O)Nc2ccccc2-c2cccn21)OCc1ccccc1. The van der Waals surface area contributed by atoms with E-state index in [1.807, 2.05) is 77.5 Å². The van der Waals surface area contributed by atoms with Gasteiger partial charge in [-0.15, -0.1) is 0 Å². The van der Waals surface area contributed by atoms with E-state index in [4.69, 9.17) is 4.74 Å². The molecule has 1 atom stereocenters. The second-order valence-corrected chi connectivity index (χ2v) is 6.54. The molecule has 1 amide bonds. The summed E-state index contributed by atoms with van der Waals surface area (Å²) in [6, 6.07) is 20.7. The third kappa shape index (κ3) is 3.62. The predicted molar refractivity (Wildman–Crippen MR) is 103 cm³/mol. The van der Waals surface area contributed by atoms with Gasteiger partial charge in [0, 0.05) is 18.2 Å². The van der Waals surface area contributed by atoms with Crippen LogP contribution in [0.5, 0.6) is 0 Å². The first-order valence-electron chi connectivity index (χ1n) is 8.99. The van der Waals surface area contributed by atoms with Gasteiger partial charge in [-0.2, -0.15) is 0 Å². The lowest BCUT2D eigenvalue weighted by molar-refractivity contribution is -0.145. The molecule has 1 aliphatic rings. The van der Waals surface area contributed by atoms with E-state index in [0.29, 0.717) is 6.42 Å². The lowest BCUT2D eigenvalue weighted by Gasteiger charge is -2.17. The Balaban J connectivity index is 1.45. The van der Waals surface area contributed by atoms with E-state index in [1.165, 1.54) is 0 Å². The summed E-state index contributed by atoms with van der Waals surface area (Å²) in [6.45, 7) is 0.247. The molecule has 0 aliphatic carbocycles. The van der Waals surface area contributed by atoms with Crippen molar-refractivity contribution in [2.45, 2.75) is 25.5 Å². The molecular weight excluding hydrogens is 340 g/mol. The van der Waals surface area contributed by atoms with Crippen LogP contribution in [-0.2, 0) is 20.9 Å². The lowest BCUT2D eigenvalue weighted by atomic mass is 10.1. The number of para-hydroxylation sites is 1. The van der Waals surface area contributed by atoms with Gasteiger partial charge in [-0.05, 0) is 30.2 Å². The molecule has 0 spiro atoms. The molecule has 5 heteroatoms. The number of nitrogens with one attached hydrogen (secondary N) is 1. The van der Waals surface area contributed by atoms with Crippen LogP contribution in [0.25, 0.3) is 11.3 Å². The van der Waals surface area contributed by atoms with E-state index in [9.17, 15) is 9.59 Å². The van der Waals surface area contributed by atoms with Gasteiger partial charge < -0.3 is 14.6 Å². The maximum atomic E-state index is 12.7. The third-order valence-electron chi connectivity index (χ3n) is 4.74. The Labute approximate surface area is 157 Å². The van der Waals surface area contributed by atoms with E-state index in [2.05, 4.69) is 5.32 Å². The van der Waals surface area contributed by atoms with Crippen LogP contribution in [0, 0.1) is 0 Å². The van der Waals surface area contributed by atoms with Crippen molar-refractivity contribution >= 4 is 17.6 Å². The highest BCUT2D eigenvalue weighted by atomic mass is 16.5. The van der Waals surface area contributed by atoms with Gasteiger partial charge in [0.05, 0.1) is 11.4 Å². The molecule has 1 aromatic heterocycles. The van der Waals surface area contributed by atoms with Crippen molar-refractivity contribution in [1.29, 1.82) is 0 Å². The second kappa shape index (κ2) is 7.50. The minimum Gasteiger partial charge on any atom is -0.461 e. The first-order chi connectivity index (χ1) is 13.2. The number of anilines is 1. The topological polar surface area (TPSA) is 60.3 Å². The first-order valence-corrected chi connectivity index (χ1v) is 8.99. The Morgan fingerprint density at radius 1 is 1.00 bits per heavy atom. The number of hydrogen-bond acceptors (Lipinski definition) is 3. The average Bonchev–Trinajstić information content (AvgIpc) is 3.13. The van der Waals surface area contributed by atoms with Crippen LogP contribution in [-0.4, -0.2) is 16.4 Å². The number of esters is 1. The van der Waals surface area contributed by atoms with Crippen molar-refractivity contribution in [1.82, 2.24) is 4.57 Å². The Hall–Kier alpha value is -3.34. The molecule has 2 aromatic carbocycles. The molecule has 1 aliphatic heterocycles. The number of fused-ring (bicyclic) bond motifs is 3. The lowest BCUT2D eigenvalue weighted by Crippen LogP contribution is -2.25. The number of ether oxygens (including phenoxy) is 1. The van der Waals surface area contributed by atoms with Crippen LogP contribution in [0.3, 0.4) is 0 Å². The molecule has 0 fully saturated rings. The highest BCUT2D eigenvalue weighted by molar-refractivity contribution is 5.99. The summed E-state index contributed by atoms with van der Waals surface area (Å²) in [5, 5.41) is 2.98. The number of hydrogen-bond donors (Lipinski definition) is 1. The third-order valence-corrected chi connectivity index (χ3v) is 4.74. The number of carbonyl (C=O) groups excluding carboxylic acids is 2. The Morgan fingerprint density at radius 2 is 1.78 bits per heavy atom. The van der Waals surface area contributed by atoms with Gasteiger partial charge in [-0.1, -0.05) is 48.5 Å². The second-order valence-electron chi connectivity index (χ2n) is 6.54. The number of rotatable bonds is 5. The number of nitrogens with zero attached hydrogens (tertiary/aromatic N) is 1. The van der Waals surface area contributed by atoms with Crippen molar-refractivity contribution in [2.75, 3.05) is 5.32 Å². The Kier molecular flexibility index (Phi) is 4.75. The summed E-state index contributed by atoms with van der Waals surface area (Å²) >= 11 is 0. The summed E-state index contributed by atoms with van der Waals surface area (Å²) in [5.41, 5.74) is 3.68. The van der Waals surface area contributed by atoms with Gasteiger partial charge in [0.25, 0.3) is 0 Å². The number of benzene rings is 2. The summed E-state index contributed by atoms with van der Waals surface area (Å²) in [7, 11) is 0. The van der Waals surface area contributed by atoms with Crippen molar-refractivity contribution in [3.05, 3.63) is 78.5 Å². The molecule has 0 radical (unpaired) electrons. The van der Waals surface area contributed by atoms with Crippen molar-refractivity contribution in [3.8, 4) is 11.3 Å². The molecule has 0 unspecified atom stereocenters. The molecule has 5 nitrogen and oxygen atoms in total. The van der Waals surface area contributed by atoms with E-state index in [-0.39, 0.29) is 24.9 Å². The zero-order chi connectivity index (χ0) is 18.6. The smallest absolute Gasteiger partial charge is 0.306 e. The van der Waals surface area contributed by atoms with E-state index >= 15 is 0 Å². The monoisotopic (exact) mass is 360 g/mol. The van der Waals surface area contributed by atoms with Crippen LogP contribution in [0.15, 0.2) is 72.9 Å². The van der Waals surface area contributed by atoms with Crippen molar-refractivity contribution < 1.29 is 14.3 Å². The molecule has 1 N–H and O–H groups in total. The van der Waals surface area contributed by atoms with Gasteiger partial charge in [0.2, 0.25) is 5.91 Å². The summed E-state index contributed by atoms with van der Waals surface area (Å²) in [6.07, 6.45) is 2.45. The van der Waals surface area contributed by atoms with Crippen LogP contribution in [0.2, 0.25) is 0 Å². The van der Waals surface area contributed by atoms with Crippen LogP contribution in [0.4, 0.5) is 5.69 Å². The molecule has 27 heavy (non-hydrogen) atoms. The molecule has 3 aromatic rings. The molecule has 136 valence electrons. The van der Waals surface area contributed by atoms with E-state index < -0.39 is 6.04 Å². The van der Waals surface area contributed by atoms with Gasteiger partial charge in [0.1, 0.15) is 12.6 Å². The van der Waals surface area contributed by atoms with Gasteiger partial charge in [-0.3, -0.25) is 9.59 Å². The molecule has 0 saturated carbocycles. The van der Waals surface area contributed by atoms with Crippen molar-refractivity contribution in [2.24, 2.45) is 0 Å². The highest BCUT2D eigenvalue weighted by Gasteiger charge is 2.28. The van der Waals surface area contributed by atoms with Crippen LogP contribution >= 0.6 is 0 Å². The summed E-state index contributed by atoms with van der Waals surface area (Å²) in [5.74, 6) is -0.421. The zero-order valence-electron chi connectivity index (χ0n) is 14.8. The van der Waals surface area contributed by atoms with Crippen LogP contribution < -0.4 is 5.32 Å². The molecule has 2 heterocycles. The largest absolute Gasteiger partial charge is 0.461 e. The molecule has 0 bridgehead atoms. The zero-order valence-corrected chi connectivity index (χ0v) is 14.8. The first kappa shape index (κ1) is 17.1. The number of amides is 1. The minimum atomic E-state index is -0.452. The molecular formula is C22H20N2O3. The van der Waals surface area contributed by atoms with Gasteiger partial charge in [0.15, 0.2) is 0 Å². The van der Waals surface area contributed by atoms with Crippen LogP contribution in [0.1, 0.15) is 24.4 Å². The normalized spacial score (nSPS) is 15.3. The fourth-order valence-electron chi connectivity index (χ4n) is 3.39. The Bertz CT molecular complexity index is 962. The molecule has 0 saturated heterocycles. The van der Waals surface area contributed by atoms with E-state index in [1.54, 1.807) is 0 Å². The predicted octanol–water partition coefficient (Wildman–Crippen LogP) is 4.17. The average molecular weight is 360 g/mol. The fourth-order valence-corrected chi connectivity index (χ4v) is 3.39.